The Morgan fingerprint density at radius 1 is 1.25 bits per heavy atom. The number of methoxy groups -OCH3 is 1. The third kappa shape index (κ3) is 4.82. The van der Waals surface area contributed by atoms with Crippen LogP contribution >= 0.6 is 27.3 Å². The lowest BCUT2D eigenvalue weighted by Gasteiger charge is -2.21. The molecule has 0 aliphatic rings. The molecule has 2 amide bonds. The van der Waals surface area contributed by atoms with Gasteiger partial charge in [0.15, 0.2) is 0 Å². The first-order valence-corrected chi connectivity index (χ1v) is 9.13. The number of thiophene rings is 1. The molecule has 1 heterocycles. The van der Waals surface area contributed by atoms with Gasteiger partial charge in [-0.15, -0.1) is 11.3 Å². The zero-order valence-corrected chi connectivity index (χ0v) is 15.9. The largest absolute Gasteiger partial charge is 0.495 e. The molecule has 7 heteroatoms. The molecule has 0 fully saturated rings. The molecular formula is C17H19BrN2O3S. The molecule has 24 heavy (non-hydrogen) atoms. The highest BCUT2D eigenvalue weighted by molar-refractivity contribution is 9.11. The zero-order chi connectivity index (χ0) is 17.5. The van der Waals surface area contributed by atoms with Gasteiger partial charge in [-0.2, -0.15) is 0 Å². The number of para-hydroxylation sites is 2. The SMILES string of the molecule is CCCN(CC(=O)Nc1ccccc1OC)C(=O)c1ccc(Br)s1. The number of nitrogens with zero attached hydrogens (tertiary/aromatic N) is 1. The normalized spacial score (nSPS) is 10.3. The van der Waals surface area contributed by atoms with Gasteiger partial charge < -0.3 is 15.0 Å². The molecule has 0 atom stereocenters. The van der Waals surface area contributed by atoms with Gasteiger partial charge in [0, 0.05) is 6.54 Å². The number of carbonyl (C=O) groups excluding carboxylic acids is 2. The summed E-state index contributed by atoms with van der Waals surface area (Å²) in [7, 11) is 1.55. The summed E-state index contributed by atoms with van der Waals surface area (Å²) in [5.41, 5.74) is 0.591. The van der Waals surface area contributed by atoms with E-state index in [4.69, 9.17) is 4.74 Å². The van der Waals surface area contributed by atoms with Gasteiger partial charge in [-0.25, -0.2) is 0 Å². The van der Waals surface area contributed by atoms with Gasteiger partial charge in [0.05, 0.1) is 21.5 Å². The second-order valence-corrected chi connectivity index (χ2v) is 7.54. The number of amides is 2. The Kier molecular flexibility index (Phi) is 6.81. The fourth-order valence-corrected chi connectivity index (χ4v) is 3.57. The minimum absolute atomic E-state index is 0.000239. The van der Waals surface area contributed by atoms with E-state index in [0.717, 1.165) is 10.2 Å². The second-order valence-electron chi connectivity index (χ2n) is 5.08. The molecule has 0 aliphatic heterocycles. The maximum atomic E-state index is 12.6. The third-order valence-corrected chi connectivity index (χ3v) is 4.89. The number of hydrogen-bond donors (Lipinski definition) is 1. The fraction of sp³-hybridized carbons (Fsp3) is 0.294. The van der Waals surface area contributed by atoms with Crippen LogP contribution in [0.4, 0.5) is 5.69 Å². The number of ether oxygens (including phenoxy) is 1. The first-order valence-electron chi connectivity index (χ1n) is 7.52. The highest BCUT2D eigenvalue weighted by Crippen LogP contribution is 2.24. The van der Waals surface area contributed by atoms with E-state index in [1.165, 1.54) is 11.3 Å². The van der Waals surface area contributed by atoms with Crippen LogP contribution in [0.15, 0.2) is 40.2 Å². The number of benzene rings is 1. The van der Waals surface area contributed by atoms with Gasteiger partial charge in [0.25, 0.3) is 5.91 Å². The molecule has 0 radical (unpaired) electrons. The minimum Gasteiger partial charge on any atom is -0.495 e. The van der Waals surface area contributed by atoms with Crippen molar-refractivity contribution in [3.8, 4) is 5.75 Å². The van der Waals surface area contributed by atoms with Crippen LogP contribution in [0.25, 0.3) is 0 Å². The number of nitrogens with one attached hydrogen (secondary N) is 1. The van der Waals surface area contributed by atoms with Crippen LogP contribution in [0.5, 0.6) is 5.75 Å². The van der Waals surface area contributed by atoms with Crippen LogP contribution < -0.4 is 10.1 Å². The second kappa shape index (κ2) is 8.84. The summed E-state index contributed by atoms with van der Waals surface area (Å²) < 4.78 is 6.11. The van der Waals surface area contributed by atoms with E-state index in [9.17, 15) is 9.59 Å². The molecule has 0 aliphatic carbocycles. The Morgan fingerprint density at radius 2 is 2.00 bits per heavy atom. The van der Waals surface area contributed by atoms with E-state index in [0.29, 0.717) is 22.9 Å². The topological polar surface area (TPSA) is 58.6 Å². The highest BCUT2D eigenvalue weighted by Gasteiger charge is 2.20. The first kappa shape index (κ1) is 18.5. The summed E-state index contributed by atoms with van der Waals surface area (Å²) in [6.45, 7) is 2.50. The molecule has 0 saturated carbocycles. The van der Waals surface area contributed by atoms with Gasteiger partial charge in [-0.1, -0.05) is 19.1 Å². The number of rotatable bonds is 7. The molecule has 0 saturated heterocycles. The third-order valence-electron chi connectivity index (χ3n) is 3.28. The van der Waals surface area contributed by atoms with Crippen molar-refractivity contribution in [3.05, 3.63) is 45.1 Å². The van der Waals surface area contributed by atoms with E-state index < -0.39 is 0 Å². The molecular weight excluding hydrogens is 392 g/mol. The van der Waals surface area contributed by atoms with Gasteiger partial charge in [0.1, 0.15) is 12.3 Å². The first-order chi connectivity index (χ1) is 11.5. The van der Waals surface area contributed by atoms with Crippen LogP contribution in [-0.2, 0) is 4.79 Å². The van der Waals surface area contributed by atoms with Gasteiger partial charge in [-0.05, 0) is 46.6 Å². The van der Waals surface area contributed by atoms with Gasteiger partial charge in [0.2, 0.25) is 5.91 Å². The predicted molar refractivity (Wildman–Crippen MR) is 99.8 cm³/mol. The monoisotopic (exact) mass is 410 g/mol. The average molecular weight is 411 g/mol. The van der Waals surface area contributed by atoms with Gasteiger partial charge in [-0.3, -0.25) is 9.59 Å². The molecule has 2 aromatic rings. The Bertz CT molecular complexity index is 717. The van der Waals surface area contributed by atoms with E-state index in [-0.39, 0.29) is 18.4 Å². The van der Waals surface area contributed by atoms with Crippen LogP contribution in [0.1, 0.15) is 23.0 Å². The summed E-state index contributed by atoms with van der Waals surface area (Å²) in [5, 5.41) is 2.80. The minimum atomic E-state index is -0.253. The van der Waals surface area contributed by atoms with E-state index >= 15 is 0 Å². The Balaban J connectivity index is 2.06. The maximum absolute atomic E-state index is 12.6. The van der Waals surface area contributed by atoms with Gasteiger partial charge >= 0.3 is 0 Å². The molecule has 1 N–H and O–H groups in total. The molecule has 0 spiro atoms. The van der Waals surface area contributed by atoms with Crippen molar-refractivity contribution >= 4 is 44.8 Å². The molecule has 0 unspecified atom stereocenters. The molecule has 0 bridgehead atoms. The fourth-order valence-electron chi connectivity index (χ4n) is 2.22. The van der Waals surface area contributed by atoms with Crippen molar-refractivity contribution in [2.45, 2.75) is 13.3 Å². The van der Waals surface area contributed by atoms with E-state index in [1.54, 1.807) is 30.2 Å². The number of carbonyl (C=O) groups is 2. The summed E-state index contributed by atoms with van der Waals surface area (Å²) >= 11 is 4.72. The van der Waals surface area contributed by atoms with Crippen molar-refractivity contribution in [2.75, 3.05) is 25.5 Å². The summed E-state index contributed by atoms with van der Waals surface area (Å²) in [4.78, 5) is 27.1. The molecule has 1 aromatic heterocycles. The standard InChI is InChI=1S/C17H19BrN2O3S/c1-3-10-20(17(22)14-8-9-15(18)24-14)11-16(21)19-12-6-4-5-7-13(12)23-2/h4-9H,3,10-11H2,1-2H3,(H,19,21). The lowest BCUT2D eigenvalue weighted by Crippen LogP contribution is -2.38. The van der Waals surface area contributed by atoms with E-state index in [1.807, 2.05) is 25.1 Å². The average Bonchev–Trinajstić information content (AvgIpc) is 3.00. The lowest BCUT2D eigenvalue weighted by molar-refractivity contribution is -0.116. The summed E-state index contributed by atoms with van der Waals surface area (Å²) in [6, 6.07) is 10.8. The molecule has 2 rings (SSSR count). The predicted octanol–water partition coefficient (Wildman–Crippen LogP) is 4.01. The Hall–Kier alpha value is -1.86. The summed E-state index contributed by atoms with van der Waals surface area (Å²) in [5.74, 6) is 0.195. The van der Waals surface area contributed by atoms with Crippen LogP contribution in [0.3, 0.4) is 0 Å². The molecule has 5 nitrogen and oxygen atoms in total. The van der Waals surface area contributed by atoms with Crippen molar-refractivity contribution < 1.29 is 14.3 Å². The smallest absolute Gasteiger partial charge is 0.264 e. The van der Waals surface area contributed by atoms with Crippen molar-refractivity contribution in [2.24, 2.45) is 0 Å². The zero-order valence-electron chi connectivity index (χ0n) is 13.5. The summed E-state index contributed by atoms with van der Waals surface area (Å²) in [6.07, 6.45) is 0.778. The highest BCUT2D eigenvalue weighted by atomic mass is 79.9. The van der Waals surface area contributed by atoms with Crippen LogP contribution in [0, 0.1) is 0 Å². The Morgan fingerprint density at radius 3 is 2.62 bits per heavy atom. The molecule has 1 aromatic carbocycles. The van der Waals surface area contributed by atoms with Crippen molar-refractivity contribution in [1.29, 1.82) is 0 Å². The number of hydrogen-bond acceptors (Lipinski definition) is 4. The van der Waals surface area contributed by atoms with Crippen LogP contribution in [-0.4, -0.2) is 36.9 Å². The van der Waals surface area contributed by atoms with Crippen molar-refractivity contribution in [3.63, 3.8) is 0 Å². The maximum Gasteiger partial charge on any atom is 0.264 e. The molecule has 128 valence electrons. The lowest BCUT2D eigenvalue weighted by atomic mass is 10.3. The quantitative estimate of drug-likeness (QED) is 0.749. The number of halogens is 1. The number of anilines is 1. The van der Waals surface area contributed by atoms with E-state index in [2.05, 4.69) is 21.2 Å². The van der Waals surface area contributed by atoms with Crippen LogP contribution in [0.2, 0.25) is 0 Å². The Labute approximate surface area is 153 Å². The van der Waals surface area contributed by atoms with Crippen molar-refractivity contribution in [1.82, 2.24) is 4.90 Å².